The molecule has 0 bridgehead atoms. The van der Waals surface area contributed by atoms with Gasteiger partial charge in [-0.05, 0) is 20.8 Å². The Balaban J connectivity index is 1.97. The molecule has 1 aliphatic heterocycles. The lowest BCUT2D eigenvalue weighted by atomic mass is 10.0. The lowest BCUT2D eigenvalue weighted by molar-refractivity contribution is -0.118. The average Bonchev–Trinajstić information content (AvgIpc) is 2.80. The number of rotatable bonds is 1. The second kappa shape index (κ2) is 4.70. The van der Waals surface area contributed by atoms with Crippen molar-refractivity contribution < 1.29 is 9.53 Å². The summed E-state index contributed by atoms with van der Waals surface area (Å²) in [5, 5.41) is 2.77. The van der Waals surface area contributed by atoms with Gasteiger partial charge in [0.05, 0.1) is 11.7 Å². The number of nitrogens with one attached hydrogen (secondary N) is 1. The average molecular weight is 290 g/mol. The first-order valence-electron chi connectivity index (χ1n) is 6.90. The number of hydrogen-bond acceptors (Lipinski definition) is 4. The van der Waals surface area contributed by atoms with E-state index < -0.39 is 0 Å². The molecule has 1 saturated heterocycles. The molecule has 1 atom stereocenters. The summed E-state index contributed by atoms with van der Waals surface area (Å²) < 4.78 is 7.07. The third-order valence-corrected chi connectivity index (χ3v) is 3.51. The van der Waals surface area contributed by atoms with Gasteiger partial charge in [-0.3, -0.25) is 14.7 Å². The molecule has 1 aliphatic rings. The van der Waals surface area contributed by atoms with Crippen LogP contribution in [-0.2, 0) is 4.74 Å². The zero-order valence-corrected chi connectivity index (χ0v) is 12.3. The van der Waals surface area contributed by atoms with Crippen LogP contribution in [0.3, 0.4) is 0 Å². The van der Waals surface area contributed by atoms with Crippen molar-refractivity contribution in [2.24, 2.45) is 0 Å². The molecule has 2 aromatic heterocycles. The lowest BCUT2D eigenvalue weighted by Crippen LogP contribution is -2.53. The van der Waals surface area contributed by atoms with Crippen LogP contribution < -0.4 is 5.56 Å². The predicted octanol–water partition coefficient (Wildman–Crippen LogP) is 0.662. The number of hydrogen-bond donors (Lipinski definition) is 1. The first kappa shape index (κ1) is 13.8. The molecule has 1 N–H and O–H groups in total. The van der Waals surface area contributed by atoms with Crippen LogP contribution in [-0.4, -0.2) is 50.2 Å². The van der Waals surface area contributed by atoms with Gasteiger partial charge in [0.15, 0.2) is 5.65 Å². The minimum absolute atomic E-state index is 0.0291. The Hall–Kier alpha value is -2.15. The van der Waals surface area contributed by atoms with E-state index >= 15 is 0 Å². The van der Waals surface area contributed by atoms with Crippen molar-refractivity contribution in [3.05, 3.63) is 34.4 Å². The highest BCUT2D eigenvalue weighted by Crippen LogP contribution is 2.22. The largest absolute Gasteiger partial charge is 0.369 e. The number of fused-ring (bicyclic) bond motifs is 1. The third kappa shape index (κ3) is 2.44. The van der Waals surface area contributed by atoms with Crippen LogP contribution >= 0.6 is 0 Å². The Bertz CT molecular complexity index is 746. The van der Waals surface area contributed by atoms with Crippen molar-refractivity contribution in [2.75, 3.05) is 13.1 Å². The van der Waals surface area contributed by atoms with Gasteiger partial charge in [0.2, 0.25) is 0 Å². The van der Waals surface area contributed by atoms with Crippen molar-refractivity contribution in [1.82, 2.24) is 19.5 Å². The fourth-order valence-electron chi connectivity index (χ4n) is 2.85. The van der Waals surface area contributed by atoms with E-state index in [1.807, 2.05) is 20.8 Å². The van der Waals surface area contributed by atoms with Gasteiger partial charge in [-0.15, -0.1) is 0 Å². The molecule has 1 unspecified atom stereocenters. The predicted molar refractivity (Wildman–Crippen MR) is 76.3 cm³/mol. The van der Waals surface area contributed by atoms with Crippen LogP contribution in [0.5, 0.6) is 0 Å². The van der Waals surface area contributed by atoms with E-state index in [4.69, 9.17) is 4.74 Å². The standard InChI is InChI=1S/C14H18N4O3/c1-9-7-17(8-14(2,3)21-9)13(20)10-6-16-18-11(19)4-5-15-12(10)18/h4-6,9,16H,7-8H2,1-3H3. The first-order valence-corrected chi connectivity index (χ1v) is 6.90. The lowest BCUT2D eigenvalue weighted by Gasteiger charge is -2.41. The molecule has 7 heteroatoms. The molecule has 21 heavy (non-hydrogen) atoms. The maximum absolute atomic E-state index is 12.7. The highest BCUT2D eigenvalue weighted by molar-refractivity contribution is 5.99. The number of amides is 1. The van der Waals surface area contributed by atoms with Crippen LogP contribution in [0.25, 0.3) is 5.65 Å². The second-order valence-corrected chi connectivity index (χ2v) is 6.00. The monoisotopic (exact) mass is 290 g/mol. The van der Waals surface area contributed by atoms with Gasteiger partial charge in [0.1, 0.15) is 5.56 Å². The number of aromatic amines is 1. The Labute approximate surface area is 121 Å². The molecule has 0 saturated carbocycles. The Morgan fingerprint density at radius 3 is 3.00 bits per heavy atom. The quantitative estimate of drug-likeness (QED) is 0.837. The number of ether oxygens (including phenoxy) is 1. The molecule has 0 aromatic carbocycles. The van der Waals surface area contributed by atoms with Crippen LogP contribution in [0.4, 0.5) is 0 Å². The van der Waals surface area contributed by atoms with Crippen LogP contribution in [0.1, 0.15) is 31.1 Å². The molecular formula is C14H18N4O3. The Kier molecular flexibility index (Phi) is 3.09. The van der Waals surface area contributed by atoms with E-state index in [0.29, 0.717) is 24.3 Å². The summed E-state index contributed by atoms with van der Waals surface area (Å²) >= 11 is 0. The number of H-pyrrole nitrogens is 1. The summed E-state index contributed by atoms with van der Waals surface area (Å²) in [6.07, 6.45) is 2.91. The molecule has 1 fully saturated rings. The van der Waals surface area contributed by atoms with Gasteiger partial charge in [-0.2, -0.15) is 0 Å². The van der Waals surface area contributed by atoms with Crippen LogP contribution in [0.2, 0.25) is 0 Å². The van der Waals surface area contributed by atoms with Gasteiger partial charge in [0.25, 0.3) is 11.5 Å². The van der Waals surface area contributed by atoms with E-state index in [2.05, 4.69) is 10.1 Å². The fraction of sp³-hybridized carbons (Fsp3) is 0.500. The molecule has 2 aromatic rings. The topological polar surface area (TPSA) is 79.7 Å². The van der Waals surface area contributed by atoms with Crippen molar-refractivity contribution in [1.29, 1.82) is 0 Å². The van der Waals surface area contributed by atoms with Gasteiger partial charge in [-0.1, -0.05) is 0 Å². The maximum Gasteiger partial charge on any atom is 0.272 e. The molecule has 0 spiro atoms. The number of carbonyl (C=O) groups excluding carboxylic acids is 1. The molecule has 0 radical (unpaired) electrons. The number of morpholine rings is 1. The smallest absolute Gasteiger partial charge is 0.272 e. The molecule has 7 nitrogen and oxygen atoms in total. The SMILES string of the molecule is CC1CN(C(=O)c2c[nH]n3c(=O)ccnc23)CC(C)(C)O1. The Morgan fingerprint density at radius 1 is 1.52 bits per heavy atom. The molecule has 0 aliphatic carbocycles. The summed E-state index contributed by atoms with van der Waals surface area (Å²) in [6.45, 7) is 6.89. The van der Waals surface area contributed by atoms with E-state index in [1.165, 1.54) is 23.0 Å². The Morgan fingerprint density at radius 2 is 2.29 bits per heavy atom. The zero-order valence-electron chi connectivity index (χ0n) is 12.3. The summed E-state index contributed by atoms with van der Waals surface area (Å²) in [7, 11) is 0. The zero-order chi connectivity index (χ0) is 15.2. The molecule has 3 rings (SSSR count). The van der Waals surface area contributed by atoms with Crippen molar-refractivity contribution in [2.45, 2.75) is 32.5 Å². The summed E-state index contributed by atoms with van der Waals surface area (Å²) in [6, 6.07) is 1.34. The van der Waals surface area contributed by atoms with E-state index in [-0.39, 0.29) is 23.2 Å². The highest BCUT2D eigenvalue weighted by atomic mass is 16.5. The van der Waals surface area contributed by atoms with E-state index in [0.717, 1.165) is 0 Å². The minimum Gasteiger partial charge on any atom is -0.369 e. The number of carbonyl (C=O) groups is 1. The normalized spacial score (nSPS) is 21.7. The van der Waals surface area contributed by atoms with Crippen LogP contribution in [0, 0.1) is 0 Å². The number of nitrogens with zero attached hydrogens (tertiary/aromatic N) is 3. The first-order chi connectivity index (χ1) is 9.87. The minimum atomic E-state index is -0.385. The summed E-state index contributed by atoms with van der Waals surface area (Å²) in [4.78, 5) is 30.3. The van der Waals surface area contributed by atoms with Crippen LogP contribution in [0.15, 0.2) is 23.3 Å². The molecule has 3 heterocycles. The van der Waals surface area contributed by atoms with Crippen molar-refractivity contribution in [3.63, 3.8) is 0 Å². The molecule has 1 amide bonds. The van der Waals surface area contributed by atoms with Gasteiger partial charge < -0.3 is 9.64 Å². The van der Waals surface area contributed by atoms with Gasteiger partial charge in [0, 0.05) is 31.5 Å². The number of aromatic nitrogens is 3. The molecule has 112 valence electrons. The van der Waals surface area contributed by atoms with E-state index in [1.54, 1.807) is 4.90 Å². The fourth-order valence-corrected chi connectivity index (χ4v) is 2.85. The molecular weight excluding hydrogens is 272 g/mol. The summed E-state index contributed by atoms with van der Waals surface area (Å²) in [5.41, 5.74) is 0.126. The second-order valence-electron chi connectivity index (χ2n) is 6.00. The van der Waals surface area contributed by atoms with E-state index in [9.17, 15) is 9.59 Å². The van der Waals surface area contributed by atoms with Gasteiger partial charge in [-0.25, -0.2) is 9.50 Å². The maximum atomic E-state index is 12.7. The highest BCUT2D eigenvalue weighted by Gasteiger charge is 2.34. The van der Waals surface area contributed by atoms with Gasteiger partial charge >= 0.3 is 0 Å². The summed E-state index contributed by atoms with van der Waals surface area (Å²) in [5.74, 6) is -0.143. The van der Waals surface area contributed by atoms with Crippen molar-refractivity contribution >= 4 is 11.6 Å². The van der Waals surface area contributed by atoms with Crippen molar-refractivity contribution in [3.8, 4) is 0 Å². The third-order valence-electron chi connectivity index (χ3n) is 3.51.